The second-order valence-electron chi connectivity index (χ2n) is 4.07. The van der Waals surface area contributed by atoms with E-state index >= 15 is 0 Å². The number of nitriles is 1. The Labute approximate surface area is 102 Å². The monoisotopic (exact) mass is 249 g/mol. The van der Waals surface area contributed by atoms with Crippen LogP contribution >= 0.6 is 0 Å². The van der Waals surface area contributed by atoms with E-state index in [1.165, 1.54) is 4.57 Å². The molecule has 1 saturated heterocycles. The summed E-state index contributed by atoms with van der Waals surface area (Å²) in [5.41, 5.74) is -0.995. The Balaban J connectivity index is 2.38. The SMILES string of the molecule is N#Cc1cc([N+](=O)[O-])cn(C[C@@H]2CCCO2)c1=O. The van der Waals surface area contributed by atoms with Crippen molar-refractivity contribution in [3.63, 3.8) is 0 Å². The normalized spacial score (nSPS) is 18.5. The minimum Gasteiger partial charge on any atom is -0.376 e. The number of aromatic nitrogens is 1. The Morgan fingerprint density at radius 3 is 3.00 bits per heavy atom. The number of pyridine rings is 1. The van der Waals surface area contributed by atoms with Crippen molar-refractivity contribution in [2.45, 2.75) is 25.5 Å². The molecule has 0 amide bonds. The van der Waals surface area contributed by atoms with Gasteiger partial charge in [0.2, 0.25) is 0 Å². The molecular formula is C11H11N3O4. The number of rotatable bonds is 3. The average Bonchev–Trinajstić information content (AvgIpc) is 2.84. The molecule has 94 valence electrons. The van der Waals surface area contributed by atoms with Gasteiger partial charge in [0, 0.05) is 12.7 Å². The van der Waals surface area contributed by atoms with Crippen molar-refractivity contribution in [1.82, 2.24) is 4.57 Å². The van der Waals surface area contributed by atoms with Crippen LogP contribution < -0.4 is 5.56 Å². The fourth-order valence-corrected chi connectivity index (χ4v) is 1.94. The molecule has 0 saturated carbocycles. The summed E-state index contributed by atoms with van der Waals surface area (Å²) >= 11 is 0. The second kappa shape index (κ2) is 4.98. The largest absolute Gasteiger partial charge is 0.376 e. The van der Waals surface area contributed by atoms with Crippen molar-refractivity contribution in [1.29, 1.82) is 5.26 Å². The zero-order chi connectivity index (χ0) is 13.1. The number of ether oxygens (including phenoxy) is 1. The molecule has 1 aliphatic rings. The lowest BCUT2D eigenvalue weighted by molar-refractivity contribution is -0.385. The van der Waals surface area contributed by atoms with Gasteiger partial charge in [-0.2, -0.15) is 5.26 Å². The zero-order valence-electron chi connectivity index (χ0n) is 9.54. The highest BCUT2D eigenvalue weighted by molar-refractivity contribution is 5.37. The minimum absolute atomic E-state index is 0.115. The van der Waals surface area contributed by atoms with E-state index in [-0.39, 0.29) is 23.9 Å². The molecule has 2 heterocycles. The summed E-state index contributed by atoms with van der Waals surface area (Å²) in [6.45, 7) is 0.884. The van der Waals surface area contributed by atoms with Gasteiger partial charge in [0.25, 0.3) is 11.2 Å². The van der Waals surface area contributed by atoms with E-state index in [2.05, 4.69) is 0 Å². The van der Waals surface area contributed by atoms with E-state index in [1.807, 2.05) is 0 Å². The van der Waals surface area contributed by atoms with Crippen molar-refractivity contribution >= 4 is 5.69 Å². The predicted molar refractivity (Wildman–Crippen MR) is 61.0 cm³/mol. The predicted octanol–water partition coefficient (Wildman–Crippen LogP) is 0.807. The molecule has 1 aliphatic heterocycles. The molecule has 0 radical (unpaired) electrons. The summed E-state index contributed by atoms with van der Waals surface area (Å²) < 4.78 is 6.56. The molecular weight excluding hydrogens is 238 g/mol. The number of nitrogens with zero attached hydrogens (tertiary/aromatic N) is 3. The van der Waals surface area contributed by atoms with Crippen molar-refractivity contribution < 1.29 is 9.66 Å². The Bertz CT molecular complexity index is 567. The molecule has 7 heteroatoms. The minimum atomic E-state index is -0.619. The smallest absolute Gasteiger partial charge is 0.287 e. The van der Waals surface area contributed by atoms with E-state index < -0.39 is 10.5 Å². The molecule has 1 fully saturated rings. The first-order valence-electron chi connectivity index (χ1n) is 5.52. The van der Waals surface area contributed by atoms with Crippen LogP contribution in [0.5, 0.6) is 0 Å². The van der Waals surface area contributed by atoms with Crippen LogP contribution in [0.25, 0.3) is 0 Å². The molecule has 0 N–H and O–H groups in total. The van der Waals surface area contributed by atoms with Crippen LogP contribution in [0.4, 0.5) is 5.69 Å². The van der Waals surface area contributed by atoms with Crippen LogP contribution in [-0.2, 0) is 11.3 Å². The van der Waals surface area contributed by atoms with Gasteiger partial charge in [-0.3, -0.25) is 14.9 Å². The first-order valence-corrected chi connectivity index (χ1v) is 5.52. The molecule has 0 unspecified atom stereocenters. The van der Waals surface area contributed by atoms with Crippen LogP contribution in [0.1, 0.15) is 18.4 Å². The van der Waals surface area contributed by atoms with E-state index in [4.69, 9.17) is 10.00 Å². The molecule has 7 nitrogen and oxygen atoms in total. The molecule has 1 aromatic rings. The van der Waals surface area contributed by atoms with Crippen LogP contribution in [0, 0.1) is 21.4 Å². The fraction of sp³-hybridized carbons (Fsp3) is 0.455. The highest BCUT2D eigenvalue weighted by Crippen LogP contribution is 2.15. The third kappa shape index (κ3) is 2.38. The van der Waals surface area contributed by atoms with E-state index in [0.29, 0.717) is 6.61 Å². The summed E-state index contributed by atoms with van der Waals surface area (Å²) in [5.74, 6) is 0. The van der Waals surface area contributed by atoms with Gasteiger partial charge < -0.3 is 9.30 Å². The van der Waals surface area contributed by atoms with Crippen LogP contribution in [0.15, 0.2) is 17.1 Å². The lowest BCUT2D eigenvalue weighted by atomic mass is 10.2. The lowest BCUT2D eigenvalue weighted by Gasteiger charge is -2.11. The van der Waals surface area contributed by atoms with E-state index in [9.17, 15) is 14.9 Å². The van der Waals surface area contributed by atoms with Crippen molar-refractivity contribution in [2.24, 2.45) is 0 Å². The molecule has 1 aromatic heterocycles. The standard InChI is InChI=1S/C11H11N3O4/c12-5-8-4-9(14(16)17)6-13(11(8)15)7-10-2-1-3-18-10/h4,6,10H,1-3,7H2/t10-/m0/s1. The van der Waals surface area contributed by atoms with Crippen molar-refractivity contribution in [3.05, 3.63) is 38.3 Å². The molecule has 1 atom stereocenters. The molecule has 0 aromatic carbocycles. The summed E-state index contributed by atoms with van der Waals surface area (Å²) in [4.78, 5) is 21.9. The molecule has 18 heavy (non-hydrogen) atoms. The van der Waals surface area contributed by atoms with Crippen LogP contribution in [0.2, 0.25) is 0 Å². The molecule has 2 rings (SSSR count). The van der Waals surface area contributed by atoms with Crippen LogP contribution in [-0.4, -0.2) is 22.2 Å². The maximum absolute atomic E-state index is 11.8. The van der Waals surface area contributed by atoms with Gasteiger partial charge in [-0.1, -0.05) is 0 Å². The topological polar surface area (TPSA) is 98.2 Å². The fourth-order valence-electron chi connectivity index (χ4n) is 1.94. The second-order valence-corrected chi connectivity index (χ2v) is 4.07. The number of hydrogen-bond acceptors (Lipinski definition) is 5. The Morgan fingerprint density at radius 2 is 2.44 bits per heavy atom. The van der Waals surface area contributed by atoms with Gasteiger partial charge in [0.05, 0.1) is 23.8 Å². The summed E-state index contributed by atoms with van der Waals surface area (Å²) in [6, 6.07) is 2.67. The van der Waals surface area contributed by atoms with Gasteiger partial charge in [-0.15, -0.1) is 0 Å². The third-order valence-electron chi connectivity index (χ3n) is 2.83. The van der Waals surface area contributed by atoms with Crippen LogP contribution in [0.3, 0.4) is 0 Å². The maximum Gasteiger partial charge on any atom is 0.287 e. The summed E-state index contributed by atoms with van der Waals surface area (Å²) in [5, 5.41) is 19.5. The van der Waals surface area contributed by atoms with Crippen molar-refractivity contribution in [2.75, 3.05) is 6.61 Å². The first-order chi connectivity index (χ1) is 8.61. The number of hydrogen-bond donors (Lipinski definition) is 0. The Morgan fingerprint density at radius 1 is 1.67 bits per heavy atom. The zero-order valence-corrected chi connectivity index (χ0v) is 9.54. The molecule has 0 aliphatic carbocycles. The molecule has 0 spiro atoms. The molecule has 0 bridgehead atoms. The van der Waals surface area contributed by atoms with Crippen molar-refractivity contribution in [3.8, 4) is 6.07 Å². The number of nitro groups is 1. The summed E-state index contributed by atoms with van der Waals surface area (Å²) in [6.07, 6.45) is 2.78. The van der Waals surface area contributed by atoms with E-state index in [0.717, 1.165) is 25.1 Å². The third-order valence-corrected chi connectivity index (χ3v) is 2.83. The maximum atomic E-state index is 11.8. The first kappa shape index (κ1) is 12.3. The quantitative estimate of drug-likeness (QED) is 0.583. The highest BCUT2D eigenvalue weighted by atomic mass is 16.6. The summed E-state index contributed by atoms with van der Waals surface area (Å²) in [7, 11) is 0. The van der Waals surface area contributed by atoms with Gasteiger partial charge >= 0.3 is 0 Å². The van der Waals surface area contributed by atoms with Gasteiger partial charge in [-0.05, 0) is 12.8 Å². The van der Waals surface area contributed by atoms with E-state index in [1.54, 1.807) is 6.07 Å². The highest BCUT2D eigenvalue weighted by Gasteiger charge is 2.19. The lowest BCUT2D eigenvalue weighted by Crippen LogP contribution is -2.27. The Hall–Kier alpha value is -2.20. The van der Waals surface area contributed by atoms with Gasteiger partial charge in [-0.25, -0.2) is 0 Å². The Kier molecular flexibility index (Phi) is 3.39. The van der Waals surface area contributed by atoms with Gasteiger partial charge in [0.15, 0.2) is 0 Å². The average molecular weight is 249 g/mol. The van der Waals surface area contributed by atoms with Gasteiger partial charge in [0.1, 0.15) is 11.6 Å².